The standard InChI is InChI=1S/C17H16N4S/c1-3-13-9-14-16(12-7-5-4-6-8-12)18-10-15-20-19-11(2)21(15)17(14)22-13/h4-9H,3,10H2,1-2H3. The fourth-order valence-corrected chi connectivity index (χ4v) is 3.96. The van der Waals surface area contributed by atoms with Crippen LogP contribution in [0.15, 0.2) is 41.4 Å². The quantitative estimate of drug-likeness (QED) is 0.726. The fraction of sp³-hybridized carbons (Fsp3) is 0.235. The van der Waals surface area contributed by atoms with Gasteiger partial charge < -0.3 is 0 Å². The molecule has 110 valence electrons. The van der Waals surface area contributed by atoms with Gasteiger partial charge in [-0.2, -0.15) is 0 Å². The van der Waals surface area contributed by atoms with E-state index in [0.29, 0.717) is 6.54 Å². The summed E-state index contributed by atoms with van der Waals surface area (Å²) in [6.45, 7) is 4.75. The highest BCUT2D eigenvalue weighted by Gasteiger charge is 2.23. The number of thiophene rings is 1. The number of benzene rings is 1. The summed E-state index contributed by atoms with van der Waals surface area (Å²) >= 11 is 1.81. The molecule has 0 amide bonds. The largest absolute Gasteiger partial charge is 0.276 e. The average Bonchev–Trinajstić information content (AvgIpc) is 3.09. The van der Waals surface area contributed by atoms with Gasteiger partial charge in [0, 0.05) is 16.0 Å². The molecule has 0 atom stereocenters. The van der Waals surface area contributed by atoms with Crippen LogP contribution < -0.4 is 0 Å². The molecular weight excluding hydrogens is 292 g/mol. The minimum atomic E-state index is 0.563. The van der Waals surface area contributed by atoms with E-state index in [1.807, 2.05) is 24.3 Å². The van der Waals surface area contributed by atoms with Crippen molar-refractivity contribution in [3.05, 3.63) is 64.1 Å². The Bertz CT molecular complexity index is 858. The van der Waals surface area contributed by atoms with E-state index in [-0.39, 0.29) is 0 Å². The van der Waals surface area contributed by atoms with Crippen molar-refractivity contribution in [1.82, 2.24) is 14.8 Å². The molecule has 0 radical (unpaired) electrons. The second-order valence-electron chi connectivity index (χ2n) is 5.31. The molecule has 5 heteroatoms. The molecule has 0 bridgehead atoms. The number of aryl methyl sites for hydroxylation is 2. The van der Waals surface area contributed by atoms with E-state index in [4.69, 9.17) is 4.99 Å². The predicted octanol–water partition coefficient (Wildman–Crippen LogP) is 3.55. The van der Waals surface area contributed by atoms with E-state index in [1.165, 1.54) is 15.4 Å². The van der Waals surface area contributed by atoms with E-state index in [2.05, 4.69) is 52.0 Å². The van der Waals surface area contributed by atoms with Crippen molar-refractivity contribution < 1.29 is 0 Å². The van der Waals surface area contributed by atoms with Crippen LogP contribution in [0.5, 0.6) is 0 Å². The summed E-state index contributed by atoms with van der Waals surface area (Å²) in [6, 6.07) is 12.6. The Labute approximate surface area is 133 Å². The lowest BCUT2D eigenvalue weighted by Crippen LogP contribution is -2.04. The molecule has 3 heterocycles. The molecule has 0 saturated carbocycles. The first-order valence-corrected chi connectivity index (χ1v) is 8.23. The Kier molecular flexibility index (Phi) is 3.15. The highest BCUT2D eigenvalue weighted by molar-refractivity contribution is 7.15. The van der Waals surface area contributed by atoms with Crippen LogP contribution in [0.2, 0.25) is 0 Å². The second-order valence-corrected chi connectivity index (χ2v) is 6.43. The van der Waals surface area contributed by atoms with Crippen molar-refractivity contribution in [2.45, 2.75) is 26.8 Å². The van der Waals surface area contributed by atoms with E-state index in [9.17, 15) is 0 Å². The van der Waals surface area contributed by atoms with Gasteiger partial charge in [-0.3, -0.25) is 9.56 Å². The molecule has 0 N–H and O–H groups in total. The lowest BCUT2D eigenvalue weighted by molar-refractivity contribution is 0.869. The van der Waals surface area contributed by atoms with E-state index in [0.717, 1.165) is 29.3 Å². The molecule has 1 aliphatic rings. The van der Waals surface area contributed by atoms with Crippen molar-refractivity contribution >= 4 is 17.0 Å². The minimum Gasteiger partial charge on any atom is -0.276 e. The third kappa shape index (κ3) is 2.01. The zero-order chi connectivity index (χ0) is 15.1. The molecule has 1 aliphatic heterocycles. The number of hydrogen-bond donors (Lipinski definition) is 0. The molecule has 22 heavy (non-hydrogen) atoms. The highest BCUT2D eigenvalue weighted by atomic mass is 32.1. The van der Waals surface area contributed by atoms with Gasteiger partial charge in [-0.25, -0.2) is 0 Å². The summed E-state index contributed by atoms with van der Waals surface area (Å²) in [5.74, 6) is 1.83. The van der Waals surface area contributed by atoms with E-state index in [1.54, 1.807) is 0 Å². The van der Waals surface area contributed by atoms with Crippen molar-refractivity contribution in [2.75, 3.05) is 0 Å². The van der Waals surface area contributed by atoms with E-state index >= 15 is 0 Å². The third-order valence-corrected chi connectivity index (χ3v) is 5.15. The SMILES string of the molecule is CCc1cc2c(s1)-n1c(C)nnc1CN=C2c1ccccc1. The summed E-state index contributed by atoms with van der Waals surface area (Å²) in [6.07, 6.45) is 1.02. The first-order chi connectivity index (χ1) is 10.8. The molecule has 2 aromatic heterocycles. The summed E-state index contributed by atoms with van der Waals surface area (Å²) in [5.41, 5.74) is 3.40. The average molecular weight is 308 g/mol. The Morgan fingerprint density at radius 2 is 2.00 bits per heavy atom. The Morgan fingerprint density at radius 3 is 2.77 bits per heavy atom. The molecule has 1 aromatic carbocycles. The lowest BCUT2D eigenvalue weighted by Gasteiger charge is -2.07. The normalized spacial score (nSPS) is 13.3. The van der Waals surface area contributed by atoms with Crippen LogP contribution in [-0.2, 0) is 13.0 Å². The maximum absolute atomic E-state index is 4.84. The lowest BCUT2D eigenvalue weighted by atomic mass is 10.0. The van der Waals surface area contributed by atoms with Crippen molar-refractivity contribution in [3.63, 3.8) is 0 Å². The third-order valence-electron chi connectivity index (χ3n) is 3.89. The summed E-state index contributed by atoms with van der Waals surface area (Å²) in [5, 5.41) is 9.70. The monoisotopic (exact) mass is 308 g/mol. The maximum atomic E-state index is 4.84. The van der Waals surface area contributed by atoms with Gasteiger partial charge in [0.2, 0.25) is 0 Å². The Morgan fingerprint density at radius 1 is 1.18 bits per heavy atom. The van der Waals surface area contributed by atoms with E-state index < -0.39 is 0 Å². The minimum absolute atomic E-state index is 0.563. The molecule has 0 fully saturated rings. The summed E-state index contributed by atoms with van der Waals surface area (Å²) in [4.78, 5) is 6.19. The first-order valence-electron chi connectivity index (χ1n) is 7.42. The van der Waals surface area contributed by atoms with Crippen molar-refractivity contribution in [2.24, 2.45) is 4.99 Å². The molecular formula is C17H16N4S. The van der Waals surface area contributed by atoms with Gasteiger partial charge in [-0.05, 0) is 19.4 Å². The van der Waals surface area contributed by atoms with Crippen LogP contribution in [0.25, 0.3) is 5.00 Å². The Hall–Kier alpha value is -2.27. The maximum Gasteiger partial charge on any atom is 0.160 e. The first kappa shape index (κ1) is 13.4. The molecule has 4 nitrogen and oxygen atoms in total. The molecule has 0 saturated heterocycles. The van der Waals surface area contributed by atoms with Crippen LogP contribution in [0.1, 0.15) is 34.6 Å². The summed E-state index contributed by atoms with van der Waals surface area (Å²) < 4.78 is 2.15. The van der Waals surface area contributed by atoms with Gasteiger partial charge in [-0.15, -0.1) is 21.5 Å². The second kappa shape index (κ2) is 5.18. The number of aromatic nitrogens is 3. The number of rotatable bonds is 2. The Balaban J connectivity index is 1.98. The number of fused-ring (bicyclic) bond motifs is 3. The van der Waals surface area contributed by atoms with Crippen molar-refractivity contribution in [1.29, 1.82) is 0 Å². The van der Waals surface area contributed by atoms with Gasteiger partial charge in [0.25, 0.3) is 0 Å². The van der Waals surface area contributed by atoms with Gasteiger partial charge in [0.1, 0.15) is 17.4 Å². The topological polar surface area (TPSA) is 43.1 Å². The van der Waals surface area contributed by atoms with Gasteiger partial charge in [-0.1, -0.05) is 37.3 Å². The van der Waals surface area contributed by atoms with Crippen LogP contribution in [-0.4, -0.2) is 20.5 Å². The number of hydrogen-bond acceptors (Lipinski definition) is 4. The van der Waals surface area contributed by atoms with Crippen LogP contribution in [0.3, 0.4) is 0 Å². The molecule has 3 aromatic rings. The highest BCUT2D eigenvalue weighted by Crippen LogP contribution is 2.33. The number of nitrogens with zero attached hydrogens (tertiary/aromatic N) is 4. The smallest absolute Gasteiger partial charge is 0.160 e. The van der Waals surface area contributed by atoms with Gasteiger partial charge in [0.05, 0.1) is 5.71 Å². The van der Waals surface area contributed by atoms with Crippen molar-refractivity contribution in [3.8, 4) is 5.00 Å². The predicted molar refractivity (Wildman–Crippen MR) is 89.1 cm³/mol. The van der Waals surface area contributed by atoms with Gasteiger partial charge >= 0.3 is 0 Å². The van der Waals surface area contributed by atoms with Crippen LogP contribution >= 0.6 is 11.3 Å². The number of aliphatic imine (C=N–C) groups is 1. The molecule has 4 rings (SSSR count). The molecule has 0 unspecified atom stereocenters. The molecule has 0 aliphatic carbocycles. The summed E-state index contributed by atoms with van der Waals surface area (Å²) in [7, 11) is 0. The van der Waals surface area contributed by atoms with Crippen LogP contribution in [0, 0.1) is 6.92 Å². The molecule has 0 spiro atoms. The van der Waals surface area contributed by atoms with Crippen LogP contribution in [0.4, 0.5) is 0 Å². The van der Waals surface area contributed by atoms with Gasteiger partial charge in [0.15, 0.2) is 5.82 Å². The zero-order valence-electron chi connectivity index (χ0n) is 12.6. The zero-order valence-corrected chi connectivity index (χ0v) is 13.4. The fourth-order valence-electron chi connectivity index (χ4n) is 2.79.